The summed E-state index contributed by atoms with van der Waals surface area (Å²) in [5.41, 5.74) is -2.13. The van der Waals surface area contributed by atoms with Crippen LogP contribution in [0.5, 0.6) is 0 Å². The van der Waals surface area contributed by atoms with Gasteiger partial charge in [0.05, 0.1) is 0 Å². The fraction of sp³-hybridized carbons (Fsp3) is 0.857. The maximum Gasteiger partial charge on any atom is 0.411 e. The summed E-state index contributed by atoms with van der Waals surface area (Å²) in [5.74, 6) is -0.955. The van der Waals surface area contributed by atoms with Gasteiger partial charge in [-0.3, -0.25) is 9.59 Å². The van der Waals surface area contributed by atoms with Crippen LogP contribution < -0.4 is 5.32 Å². The molecule has 2 fully saturated rings. The zero-order valence-electron chi connectivity index (χ0n) is 12.5. The minimum Gasteiger partial charge on any atom is -0.342 e. The Hall–Kier alpha value is -1.27. The Morgan fingerprint density at radius 1 is 1.33 bits per heavy atom. The molecule has 120 valence electrons. The van der Waals surface area contributed by atoms with E-state index < -0.39 is 35.6 Å². The molecule has 1 saturated carbocycles. The van der Waals surface area contributed by atoms with E-state index in [4.69, 9.17) is 0 Å². The van der Waals surface area contributed by atoms with E-state index >= 15 is 0 Å². The van der Waals surface area contributed by atoms with Crippen LogP contribution in [0.2, 0.25) is 0 Å². The molecule has 0 spiro atoms. The third-order valence-electron chi connectivity index (χ3n) is 4.27. The fourth-order valence-electron chi connectivity index (χ4n) is 3.06. The molecule has 1 aliphatic heterocycles. The summed E-state index contributed by atoms with van der Waals surface area (Å²) in [6, 6.07) is -1.87. The van der Waals surface area contributed by atoms with Gasteiger partial charge >= 0.3 is 6.18 Å². The van der Waals surface area contributed by atoms with Gasteiger partial charge in [0.25, 0.3) is 0 Å². The van der Waals surface area contributed by atoms with E-state index in [1.165, 1.54) is 0 Å². The first-order valence-electron chi connectivity index (χ1n) is 7.34. The van der Waals surface area contributed by atoms with Gasteiger partial charge in [0.1, 0.15) is 17.6 Å². The second-order valence-corrected chi connectivity index (χ2v) is 6.35. The fourth-order valence-corrected chi connectivity index (χ4v) is 3.06. The van der Waals surface area contributed by atoms with Crippen LogP contribution >= 0.6 is 0 Å². The highest BCUT2D eigenvalue weighted by Crippen LogP contribution is 2.55. The molecular formula is C14H21F3N2O2. The molecule has 1 saturated heterocycles. The first-order valence-corrected chi connectivity index (χ1v) is 7.34. The summed E-state index contributed by atoms with van der Waals surface area (Å²) in [5, 5.41) is 2.58. The number of hydrogen-bond acceptors (Lipinski definition) is 2. The van der Waals surface area contributed by atoms with E-state index in [9.17, 15) is 22.8 Å². The van der Waals surface area contributed by atoms with Gasteiger partial charge in [0, 0.05) is 0 Å². The van der Waals surface area contributed by atoms with Gasteiger partial charge in [0.2, 0.25) is 11.8 Å². The first kappa shape index (κ1) is 16.1. The average molecular weight is 306 g/mol. The largest absolute Gasteiger partial charge is 0.411 e. The quantitative estimate of drug-likeness (QED) is 0.866. The maximum atomic E-state index is 13.4. The third-order valence-corrected chi connectivity index (χ3v) is 4.27. The van der Waals surface area contributed by atoms with Crippen LogP contribution in [0.1, 0.15) is 46.5 Å². The Morgan fingerprint density at radius 2 is 1.90 bits per heavy atom. The van der Waals surface area contributed by atoms with Crippen LogP contribution in [0, 0.1) is 5.92 Å². The summed E-state index contributed by atoms with van der Waals surface area (Å²) >= 11 is 0. The molecule has 0 aromatic carbocycles. The lowest BCUT2D eigenvalue weighted by Gasteiger charge is -2.44. The van der Waals surface area contributed by atoms with E-state index in [1.54, 1.807) is 6.92 Å². The van der Waals surface area contributed by atoms with Gasteiger partial charge in [0.15, 0.2) is 0 Å². The van der Waals surface area contributed by atoms with Gasteiger partial charge in [-0.25, -0.2) is 0 Å². The van der Waals surface area contributed by atoms with Crippen molar-refractivity contribution >= 4 is 11.8 Å². The predicted octanol–water partition coefficient (Wildman–Crippen LogP) is 2.23. The minimum atomic E-state index is -4.49. The lowest BCUT2D eigenvalue weighted by atomic mass is 9.95. The average Bonchev–Trinajstić information content (AvgIpc) is 3.12. The molecule has 2 rings (SSSR count). The van der Waals surface area contributed by atoms with Crippen molar-refractivity contribution in [1.29, 1.82) is 0 Å². The van der Waals surface area contributed by atoms with Crippen LogP contribution in [-0.4, -0.2) is 40.5 Å². The number of nitrogens with zero attached hydrogens (tertiary/aromatic N) is 1. The summed E-state index contributed by atoms with van der Waals surface area (Å²) in [4.78, 5) is 25.5. The second kappa shape index (κ2) is 5.18. The highest BCUT2D eigenvalue weighted by molar-refractivity contribution is 5.97. The van der Waals surface area contributed by atoms with E-state index in [2.05, 4.69) is 5.32 Å². The molecule has 7 heteroatoms. The van der Waals surface area contributed by atoms with Crippen LogP contribution in [0.25, 0.3) is 0 Å². The van der Waals surface area contributed by atoms with Crippen molar-refractivity contribution in [1.82, 2.24) is 10.2 Å². The molecule has 4 nitrogen and oxygen atoms in total. The zero-order valence-corrected chi connectivity index (χ0v) is 12.5. The molecule has 2 unspecified atom stereocenters. The SMILES string of the molecule is CCC1C(=O)NC(CC(C)C)C(=O)N1C1(C(F)(F)F)CC1. The van der Waals surface area contributed by atoms with Crippen molar-refractivity contribution in [2.24, 2.45) is 5.92 Å². The highest BCUT2D eigenvalue weighted by Gasteiger charge is 2.70. The molecule has 1 N–H and O–H groups in total. The molecule has 21 heavy (non-hydrogen) atoms. The Bertz CT molecular complexity index is 444. The summed E-state index contributed by atoms with van der Waals surface area (Å²) < 4.78 is 40.1. The predicted molar refractivity (Wildman–Crippen MR) is 70.3 cm³/mol. The zero-order chi connectivity index (χ0) is 16.0. The number of piperazine rings is 1. The van der Waals surface area contributed by atoms with Gasteiger partial charge in [-0.05, 0) is 31.6 Å². The highest BCUT2D eigenvalue weighted by atomic mass is 19.4. The topological polar surface area (TPSA) is 49.4 Å². The molecule has 2 aliphatic rings. The Morgan fingerprint density at radius 3 is 2.29 bits per heavy atom. The number of hydrogen-bond donors (Lipinski definition) is 1. The van der Waals surface area contributed by atoms with Gasteiger partial charge in [-0.15, -0.1) is 0 Å². The molecule has 2 atom stereocenters. The standard InChI is InChI=1S/C14H21F3N2O2/c1-4-10-11(20)18-9(7-8(2)3)12(21)19(10)13(5-6-13)14(15,16)17/h8-10H,4-7H2,1-3H3,(H,18,20). The number of carbonyl (C=O) groups excluding carboxylic acids is 2. The molecule has 1 heterocycles. The van der Waals surface area contributed by atoms with Crippen molar-refractivity contribution < 1.29 is 22.8 Å². The lowest BCUT2D eigenvalue weighted by molar-refractivity contribution is -0.210. The van der Waals surface area contributed by atoms with Crippen LogP contribution in [0.3, 0.4) is 0 Å². The van der Waals surface area contributed by atoms with Crippen molar-refractivity contribution in [2.45, 2.75) is 70.3 Å². The molecule has 2 amide bonds. The van der Waals surface area contributed by atoms with Crippen molar-refractivity contribution in [3.63, 3.8) is 0 Å². The number of alkyl halides is 3. The van der Waals surface area contributed by atoms with Crippen molar-refractivity contribution in [3.8, 4) is 0 Å². The van der Waals surface area contributed by atoms with Crippen LogP contribution in [0.15, 0.2) is 0 Å². The number of carbonyl (C=O) groups is 2. The summed E-state index contributed by atoms with van der Waals surface area (Å²) in [7, 11) is 0. The molecular weight excluding hydrogens is 285 g/mol. The minimum absolute atomic E-state index is 0.111. The van der Waals surface area contributed by atoms with E-state index in [-0.39, 0.29) is 25.2 Å². The molecule has 0 radical (unpaired) electrons. The summed E-state index contributed by atoms with van der Waals surface area (Å²) in [6.07, 6.45) is -4.17. The van der Waals surface area contributed by atoms with Gasteiger partial charge < -0.3 is 10.2 Å². The van der Waals surface area contributed by atoms with E-state index in [0.29, 0.717) is 6.42 Å². The number of amides is 2. The monoisotopic (exact) mass is 306 g/mol. The van der Waals surface area contributed by atoms with Gasteiger partial charge in [-0.1, -0.05) is 20.8 Å². The molecule has 0 aromatic rings. The van der Waals surface area contributed by atoms with Crippen LogP contribution in [-0.2, 0) is 9.59 Å². The lowest BCUT2D eigenvalue weighted by Crippen LogP contribution is -2.69. The van der Waals surface area contributed by atoms with Crippen molar-refractivity contribution in [3.05, 3.63) is 0 Å². The van der Waals surface area contributed by atoms with E-state index in [0.717, 1.165) is 4.90 Å². The number of halogens is 3. The van der Waals surface area contributed by atoms with E-state index in [1.807, 2.05) is 13.8 Å². The Kier molecular flexibility index (Phi) is 3.97. The number of rotatable bonds is 4. The third kappa shape index (κ3) is 2.62. The normalized spacial score (nSPS) is 28.8. The molecule has 1 aliphatic carbocycles. The Balaban J connectivity index is 2.34. The number of nitrogens with one attached hydrogen (secondary N) is 1. The smallest absolute Gasteiger partial charge is 0.342 e. The van der Waals surface area contributed by atoms with Gasteiger partial charge in [-0.2, -0.15) is 13.2 Å². The summed E-state index contributed by atoms with van der Waals surface area (Å²) in [6.45, 7) is 5.36. The molecule has 0 aromatic heterocycles. The molecule has 0 bridgehead atoms. The Labute approximate surface area is 122 Å². The second-order valence-electron chi connectivity index (χ2n) is 6.35. The maximum absolute atomic E-state index is 13.4. The first-order chi connectivity index (χ1) is 9.64. The van der Waals surface area contributed by atoms with Crippen LogP contribution in [0.4, 0.5) is 13.2 Å². The van der Waals surface area contributed by atoms with Crippen molar-refractivity contribution in [2.75, 3.05) is 0 Å².